The van der Waals surface area contributed by atoms with Crippen LogP contribution in [0.25, 0.3) is 5.70 Å². The Balaban J connectivity index is 1.02. The maximum absolute atomic E-state index is 12.7. The van der Waals surface area contributed by atoms with Crippen LogP contribution >= 0.6 is 23.2 Å². The Bertz CT molecular complexity index is 2000. The number of carbonyl (C=O) groups excluding carboxylic acids is 2. The number of pyridine rings is 1. The lowest BCUT2D eigenvalue weighted by Crippen LogP contribution is -2.45. The van der Waals surface area contributed by atoms with Crippen molar-refractivity contribution < 1.29 is 23.8 Å². The zero-order valence-electron chi connectivity index (χ0n) is 29.1. The molecule has 1 fully saturated rings. The molecule has 5 aromatic rings. The molecule has 0 N–H and O–H groups in total. The summed E-state index contributed by atoms with van der Waals surface area (Å²) < 4.78 is 17.6. The van der Waals surface area contributed by atoms with Gasteiger partial charge in [-0.3, -0.25) is 14.5 Å². The van der Waals surface area contributed by atoms with Gasteiger partial charge in [0.05, 0.1) is 11.2 Å². The van der Waals surface area contributed by atoms with Crippen molar-refractivity contribution in [2.24, 2.45) is 0 Å². The van der Waals surface area contributed by atoms with Crippen molar-refractivity contribution in [1.82, 2.24) is 14.8 Å². The molecule has 1 aromatic heterocycles. The van der Waals surface area contributed by atoms with Crippen molar-refractivity contribution in [3.63, 3.8) is 0 Å². The van der Waals surface area contributed by atoms with Crippen molar-refractivity contribution in [3.05, 3.63) is 153 Å². The molecule has 0 bridgehead atoms. The van der Waals surface area contributed by atoms with Crippen LogP contribution in [0.3, 0.4) is 0 Å². The Hall–Kier alpha value is -5.15. The molecule has 10 heteroatoms. The number of carbonyl (C=O) groups is 2. The predicted octanol–water partition coefficient (Wildman–Crippen LogP) is 9.00. The number of ketones is 1. The molecule has 0 saturated carbocycles. The number of halogens is 2. The summed E-state index contributed by atoms with van der Waals surface area (Å²) in [7, 11) is 0. The van der Waals surface area contributed by atoms with Crippen molar-refractivity contribution >= 4 is 41.0 Å². The minimum atomic E-state index is -0.0628. The van der Waals surface area contributed by atoms with E-state index in [0.29, 0.717) is 45.3 Å². The van der Waals surface area contributed by atoms with E-state index in [1.807, 2.05) is 98.8 Å². The highest BCUT2D eigenvalue weighted by Gasteiger charge is 2.22. The second kappa shape index (κ2) is 17.4. The van der Waals surface area contributed by atoms with Crippen molar-refractivity contribution in [3.8, 4) is 23.1 Å². The number of aldehydes is 1. The number of rotatable bonds is 14. The fourth-order valence-corrected chi connectivity index (χ4v) is 6.41. The number of hydrogen-bond donors (Lipinski definition) is 0. The highest BCUT2D eigenvalue weighted by Crippen LogP contribution is 2.36. The third-order valence-electron chi connectivity index (χ3n) is 8.80. The number of piperazine rings is 1. The summed E-state index contributed by atoms with van der Waals surface area (Å²) in [4.78, 5) is 33.4. The number of aryl methyl sites for hydroxylation is 2. The molecular weight excluding hydrogens is 697 g/mol. The number of Topliss-reactive ketones (excluding diaryl/α,β-unsaturated/α-hetero) is 1. The zero-order valence-corrected chi connectivity index (χ0v) is 30.6. The summed E-state index contributed by atoms with van der Waals surface area (Å²) in [6, 6.07) is 30.2. The van der Waals surface area contributed by atoms with Crippen LogP contribution in [0.2, 0.25) is 10.0 Å². The quantitative estimate of drug-likeness (QED) is 0.0635. The molecule has 0 radical (unpaired) electrons. The van der Waals surface area contributed by atoms with Gasteiger partial charge in [-0.05, 0) is 66.9 Å². The molecule has 0 spiro atoms. The zero-order chi connectivity index (χ0) is 36.5. The van der Waals surface area contributed by atoms with Crippen LogP contribution in [0.1, 0.15) is 38.2 Å². The molecule has 0 amide bonds. The van der Waals surface area contributed by atoms with Gasteiger partial charge in [-0.25, -0.2) is 4.98 Å². The van der Waals surface area contributed by atoms with Crippen molar-refractivity contribution in [1.29, 1.82) is 0 Å². The van der Waals surface area contributed by atoms with Crippen LogP contribution in [-0.2, 0) is 17.9 Å². The van der Waals surface area contributed by atoms with Crippen molar-refractivity contribution in [2.75, 3.05) is 32.8 Å². The Morgan fingerprint density at radius 2 is 1.54 bits per heavy atom. The number of nitrogens with zero attached hydrogens (tertiary/aromatic N) is 3. The monoisotopic (exact) mass is 735 g/mol. The van der Waals surface area contributed by atoms with Gasteiger partial charge in [0.15, 0.2) is 18.1 Å². The predicted molar refractivity (Wildman–Crippen MR) is 205 cm³/mol. The van der Waals surface area contributed by atoms with E-state index in [4.69, 9.17) is 37.4 Å². The first-order valence-corrected chi connectivity index (χ1v) is 17.8. The van der Waals surface area contributed by atoms with Crippen LogP contribution < -0.4 is 14.2 Å². The molecule has 8 nitrogen and oxygen atoms in total. The van der Waals surface area contributed by atoms with E-state index in [1.165, 1.54) is 0 Å². The highest BCUT2D eigenvalue weighted by molar-refractivity contribution is 6.32. The molecule has 0 unspecified atom stereocenters. The standard InChI is InChI=1S/C42H39Cl2N3O5/c1-29-7-13-35(14-8-29)51-28-40(49)32-11-9-31(10-12-32)26-46-18-20-47(21-19-46)39(17-22-48)34-23-30(2)42(38(44)24-34)52-41-16-15-36(25-45-41)50-27-33-5-3-4-6-37(33)43/h3-17,22-25H,18-21,26-28H2,1-2H3/b39-17+. The van der Waals surface area contributed by atoms with Gasteiger partial charge in [0.1, 0.15) is 24.4 Å². The number of benzene rings is 4. The largest absolute Gasteiger partial charge is 0.487 e. The third-order valence-corrected chi connectivity index (χ3v) is 9.45. The van der Waals surface area contributed by atoms with Crippen LogP contribution in [0, 0.1) is 13.8 Å². The number of ether oxygens (including phenoxy) is 3. The summed E-state index contributed by atoms with van der Waals surface area (Å²) in [6.07, 6.45) is 3.99. The molecule has 4 aromatic carbocycles. The van der Waals surface area contributed by atoms with Gasteiger partial charge in [-0.1, -0.05) is 83.4 Å². The number of allylic oxidation sites excluding steroid dienone is 1. The van der Waals surface area contributed by atoms with E-state index in [9.17, 15) is 9.59 Å². The number of hydrogen-bond acceptors (Lipinski definition) is 8. The topological polar surface area (TPSA) is 81.2 Å². The lowest BCUT2D eigenvalue weighted by atomic mass is 10.1. The maximum atomic E-state index is 12.7. The van der Waals surface area contributed by atoms with Gasteiger partial charge in [0.2, 0.25) is 5.88 Å². The Morgan fingerprint density at radius 3 is 2.21 bits per heavy atom. The molecule has 1 saturated heterocycles. The Kier molecular flexibility index (Phi) is 12.2. The fourth-order valence-electron chi connectivity index (χ4n) is 5.92. The third kappa shape index (κ3) is 9.59. The van der Waals surface area contributed by atoms with Crippen LogP contribution in [0.4, 0.5) is 0 Å². The summed E-state index contributed by atoms with van der Waals surface area (Å²) in [5.74, 6) is 2.06. The lowest BCUT2D eigenvalue weighted by Gasteiger charge is -2.37. The maximum Gasteiger partial charge on any atom is 0.219 e. The average molecular weight is 737 g/mol. The van der Waals surface area contributed by atoms with Crippen LogP contribution in [0.5, 0.6) is 23.1 Å². The smallest absolute Gasteiger partial charge is 0.219 e. The summed E-state index contributed by atoms with van der Waals surface area (Å²) in [6.45, 7) is 8.07. The van der Waals surface area contributed by atoms with Gasteiger partial charge >= 0.3 is 0 Å². The first-order valence-electron chi connectivity index (χ1n) is 17.0. The van der Waals surface area contributed by atoms with Gasteiger partial charge in [0.25, 0.3) is 0 Å². The molecule has 6 rings (SSSR count). The molecule has 52 heavy (non-hydrogen) atoms. The molecule has 0 atom stereocenters. The van der Waals surface area contributed by atoms with E-state index in [-0.39, 0.29) is 12.4 Å². The first-order chi connectivity index (χ1) is 25.2. The van der Waals surface area contributed by atoms with Crippen LogP contribution in [0.15, 0.2) is 109 Å². The molecule has 0 aliphatic carbocycles. The molecule has 2 heterocycles. The lowest BCUT2D eigenvalue weighted by molar-refractivity contribution is -0.104. The van der Waals surface area contributed by atoms with E-state index < -0.39 is 0 Å². The Morgan fingerprint density at radius 1 is 0.808 bits per heavy atom. The summed E-state index contributed by atoms with van der Waals surface area (Å²) >= 11 is 13.0. The van der Waals surface area contributed by atoms with Gasteiger partial charge < -0.3 is 19.1 Å². The fraction of sp³-hybridized carbons (Fsp3) is 0.214. The minimum absolute atomic E-state index is 0.00508. The Labute approximate surface area is 314 Å². The summed E-state index contributed by atoms with van der Waals surface area (Å²) in [5.41, 5.74) is 6.22. The van der Waals surface area contributed by atoms with E-state index in [2.05, 4.69) is 14.8 Å². The minimum Gasteiger partial charge on any atom is -0.487 e. The van der Waals surface area contributed by atoms with Gasteiger partial charge in [0, 0.05) is 66.7 Å². The van der Waals surface area contributed by atoms with E-state index in [1.54, 1.807) is 24.4 Å². The summed E-state index contributed by atoms with van der Waals surface area (Å²) in [5, 5.41) is 1.06. The van der Waals surface area contributed by atoms with Crippen molar-refractivity contribution in [2.45, 2.75) is 27.0 Å². The molecule has 266 valence electrons. The molecule has 1 aliphatic heterocycles. The van der Waals surface area contributed by atoms with E-state index in [0.717, 1.165) is 72.5 Å². The first kappa shape index (κ1) is 36.6. The second-order valence-corrected chi connectivity index (χ2v) is 13.4. The average Bonchev–Trinajstić information content (AvgIpc) is 3.16. The highest BCUT2D eigenvalue weighted by atomic mass is 35.5. The van der Waals surface area contributed by atoms with Crippen LogP contribution in [-0.4, -0.2) is 59.6 Å². The molecular formula is C42H39Cl2N3O5. The van der Waals surface area contributed by atoms with E-state index >= 15 is 0 Å². The SMILES string of the molecule is Cc1ccc(OCC(=O)c2ccc(CN3CCN(/C(=C/C=O)c4cc(C)c(Oc5ccc(OCc6ccccc6Cl)cn5)c(Cl)c4)CC3)cc2)cc1. The number of aromatic nitrogens is 1. The molecule has 1 aliphatic rings. The second-order valence-electron chi connectivity index (χ2n) is 12.6. The van der Waals surface area contributed by atoms with Gasteiger partial charge in [-0.15, -0.1) is 0 Å². The normalized spacial score (nSPS) is 13.5. The van der Waals surface area contributed by atoms with Gasteiger partial charge in [-0.2, -0.15) is 0 Å².